The highest BCUT2D eigenvalue weighted by Gasteiger charge is 2.31. The Morgan fingerprint density at radius 2 is 2.00 bits per heavy atom. The highest BCUT2D eigenvalue weighted by Crippen LogP contribution is 2.24. The molecule has 2 fully saturated rings. The minimum absolute atomic E-state index is 0. The first kappa shape index (κ1) is 21.6. The van der Waals surface area contributed by atoms with Gasteiger partial charge in [-0.05, 0) is 56.3 Å². The maximum atomic E-state index is 4.46. The predicted octanol–water partition coefficient (Wildman–Crippen LogP) is 3.34. The van der Waals surface area contributed by atoms with Crippen LogP contribution in [0.25, 0.3) is 0 Å². The first-order chi connectivity index (χ1) is 12.2. The van der Waals surface area contributed by atoms with E-state index >= 15 is 0 Å². The van der Waals surface area contributed by atoms with Gasteiger partial charge in [0.1, 0.15) is 0 Å². The lowest BCUT2D eigenvalue weighted by Crippen LogP contribution is -2.56. The molecule has 0 radical (unpaired) electrons. The number of nitrogens with zero attached hydrogens (tertiary/aromatic N) is 3. The molecule has 2 aliphatic heterocycles. The van der Waals surface area contributed by atoms with Crippen molar-refractivity contribution in [3.05, 3.63) is 29.6 Å². The summed E-state index contributed by atoms with van der Waals surface area (Å²) >= 11 is 0. The Balaban J connectivity index is 0.00000243. The monoisotopic (exact) mass is 380 g/mol. The maximum Gasteiger partial charge on any atom is 0.0372 e. The molecule has 2 atom stereocenters. The summed E-state index contributed by atoms with van der Waals surface area (Å²) in [4.78, 5) is 9.92. The molecule has 2 saturated heterocycles. The van der Waals surface area contributed by atoms with Gasteiger partial charge in [-0.15, -0.1) is 12.4 Å². The Morgan fingerprint density at radius 1 is 1.23 bits per heavy atom. The van der Waals surface area contributed by atoms with E-state index in [0.717, 1.165) is 24.1 Å². The van der Waals surface area contributed by atoms with E-state index in [1.165, 1.54) is 64.1 Å². The van der Waals surface area contributed by atoms with E-state index in [4.69, 9.17) is 0 Å². The van der Waals surface area contributed by atoms with Crippen molar-refractivity contribution in [2.45, 2.75) is 52.6 Å². The Hall–Kier alpha value is -0.680. The molecule has 0 aromatic carbocycles. The summed E-state index contributed by atoms with van der Waals surface area (Å²) in [5.74, 6) is 1.65. The van der Waals surface area contributed by atoms with Gasteiger partial charge in [-0.3, -0.25) is 14.8 Å². The van der Waals surface area contributed by atoms with Crippen molar-refractivity contribution in [2.24, 2.45) is 11.8 Å². The average molecular weight is 381 g/mol. The van der Waals surface area contributed by atoms with E-state index in [2.05, 4.69) is 59.2 Å². The van der Waals surface area contributed by atoms with Crippen LogP contribution in [0.5, 0.6) is 0 Å². The second kappa shape index (κ2) is 10.6. The molecular weight excluding hydrogens is 344 g/mol. The number of pyridine rings is 1. The van der Waals surface area contributed by atoms with Gasteiger partial charge in [-0.2, -0.15) is 0 Å². The molecule has 3 rings (SSSR count). The third-order valence-electron chi connectivity index (χ3n) is 6.25. The lowest BCUT2D eigenvalue weighted by molar-refractivity contribution is 0.0270. The molecule has 2 unspecified atom stereocenters. The summed E-state index contributed by atoms with van der Waals surface area (Å²) < 4.78 is 0. The van der Waals surface area contributed by atoms with Crippen LogP contribution in [0.1, 0.15) is 44.4 Å². The van der Waals surface area contributed by atoms with Gasteiger partial charge in [-0.25, -0.2) is 0 Å². The number of hydrogen-bond acceptors (Lipinski definition) is 4. The molecule has 0 saturated carbocycles. The van der Waals surface area contributed by atoms with Crippen molar-refractivity contribution in [1.82, 2.24) is 20.1 Å². The molecular formula is C21H37ClN4. The Bertz CT molecular complexity index is 515. The Morgan fingerprint density at radius 3 is 2.65 bits per heavy atom. The zero-order valence-corrected chi connectivity index (χ0v) is 17.6. The summed E-state index contributed by atoms with van der Waals surface area (Å²) in [5, 5.41) is 3.50. The van der Waals surface area contributed by atoms with Gasteiger partial charge in [0.25, 0.3) is 0 Å². The number of hydrogen-bond donors (Lipinski definition) is 1. The molecule has 1 aromatic heterocycles. The topological polar surface area (TPSA) is 31.4 Å². The van der Waals surface area contributed by atoms with Gasteiger partial charge in [0, 0.05) is 50.7 Å². The third kappa shape index (κ3) is 5.91. The molecule has 0 amide bonds. The lowest BCUT2D eigenvalue weighted by Gasteiger charge is -2.45. The number of aryl methyl sites for hydroxylation is 1. The number of nitrogens with one attached hydrogen (secondary N) is 1. The first-order valence-corrected chi connectivity index (χ1v) is 10.2. The van der Waals surface area contributed by atoms with Crippen LogP contribution in [0.3, 0.4) is 0 Å². The SMILES string of the molecule is CCC(C)C1CN(Cc2ccc(C)nc2)CCN1CC1CCNCC1.Cl. The molecule has 0 bridgehead atoms. The van der Waals surface area contributed by atoms with Crippen molar-refractivity contribution >= 4 is 12.4 Å². The van der Waals surface area contributed by atoms with Crippen LogP contribution in [0, 0.1) is 18.8 Å². The molecule has 3 heterocycles. The van der Waals surface area contributed by atoms with Crippen LogP contribution < -0.4 is 5.32 Å². The smallest absolute Gasteiger partial charge is 0.0372 e. The van der Waals surface area contributed by atoms with E-state index in [0.29, 0.717) is 6.04 Å². The fraction of sp³-hybridized carbons (Fsp3) is 0.762. The van der Waals surface area contributed by atoms with Gasteiger partial charge < -0.3 is 5.32 Å². The standard InChI is InChI=1S/C21H36N4.ClH/c1-4-17(2)21-16-24(14-20-6-5-18(3)23-13-20)11-12-25(21)15-19-7-9-22-10-8-19;/h5-6,13,17,19,21-22H,4,7-12,14-16H2,1-3H3;1H. The maximum absolute atomic E-state index is 4.46. The summed E-state index contributed by atoms with van der Waals surface area (Å²) in [6, 6.07) is 5.07. The minimum Gasteiger partial charge on any atom is -0.317 e. The predicted molar refractivity (Wildman–Crippen MR) is 112 cm³/mol. The molecule has 148 valence electrons. The third-order valence-corrected chi connectivity index (χ3v) is 6.25. The van der Waals surface area contributed by atoms with Crippen molar-refractivity contribution in [2.75, 3.05) is 39.3 Å². The average Bonchev–Trinajstić information content (AvgIpc) is 2.65. The zero-order valence-electron chi connectivity index (χ0n) is 16.8. The van der Waals surface area contributed by atoms with E-state index in [-0.39, 0.29) is 12.4 Å². The van der Waals surface area contributed by atoms with Crippen molar-refractivity contribution < 1.29 is 0 Å². The van der Waals surface area contributed by atoms with E-state index in [9.17, 15) is 0 Å². The van der Waals surface area contributed by atoms with Crippen molar-refractivity contribution in [1.29, 1.82) is 0 Å². The highest BCUT2D eigenvalue weighted by molar-refractivity contribution is 5.85. The van der Waals surface area contributed by atoms with E-state index in [1.54, 1.807) is 0 Å². The number of rotatable bonds is 6. The molecule has 0 spiro atoms. The lowest BCUT2D eigenvalue weighted by atomic mass is 9.91. The summed E-state index contributed by atoms with van der Waals surface area (Å²) in [6.07, 6.45) is 6.02. The molecule has 5 heteroatoms. The number of piperidine rings is 1. The molecule has 1 N–H and O–H groups in total. The summed E-state index contributed by atoms with van der Waals surface area (Å²) in [6.45, 7) is 15.2. The normalized spacial score (nSPS) is 24.2. The van der Waals surface area contributed by atoms with Crippen LogP contribution in [-0.4, -0.2) is 60.1 Å². The Kier molecular flexibility index (Phi) is 8.82. The van der Waals surface area contributed by atoms with Gasteiger partial charge in [0.15, 0.2) is 0 Å². The van der Waals surface area contributed by atoms with Crippen LogP contribution in [0.15, 0.2) is 18.3 Å². The number of aromatic nitrogens is 1. The largest absolute Gasteiger partial charge is 0.317 e. The molecule has 4 nitrogen and oxygen atoms in total. The van der Waals surface area contributed by atoms with Crippen molar-refractivity contribution in [3.8, 4) is 0 Å². The van der Waals surface area contributed by atoms with Gasteiger partial charge >= 0.3 is 0 Å². The Labute approximate surface area is 166 Å². The number of halogens is 1. The first-order valence-electron chi connectivity index (χ1n) is 10.2. The van der Waals surface area contributed by atoms with Gasteiger partial charge in [0.2, 0.25) is 0 Å². The molecule has 2 aliphatic rings. The summed E-state index contributed by atoms with van der Waals surface area (Å²) in [7, 11) is 0. The van der Waals surface area contributed by atoms with Crippen LogP contribution in [0.4, 0.5) is 0 Å². The summed E-state index contributed by atoms with van der Waals surface area (Å²) in [5.41, 5.74) is 2.45. The van der Waals surface area contributed by atoms with Crippen LogP contribution in [0.2, 0.25) is 0 Å². The fourth-order valence-electron chi connectivity index (χ4n) is 4.34. The zero-order chi connectivity index (χ0) is 17.6. The van der Waals surface area contributed by atoms with Crippen molar-refractivity contribution in [3.63, 3.8) is 0 Å². The quantitative estimate of drug-likeness (QED) is 0.820. The van der Waals surface area contributed by atoms with E-state index in [1.807, 2.05) is 0 Å². The molecule has 0 aliphatic carbocycles. The second-order valence-electron chi connectivity index (χ2n) is 8.18. The highest BCUT2D eigenvalue weighted by atomic mass is 35.5. The van der Waals surface area contributed by atoms with Gasteiger partial charge in [-0.1, -0.05) is 26.3 Å². The minimum atomic E-state index is 0. The second-order valence-corrected chi connectivity index (χ2v) is 8.18. The fourth-order valence-corrected chi connectivity index (χ4v) is 4.34. The van der Waals surface area contributed by atoms with Gasteiger partial charge in [0.05, 0.1) is 0 Å². The van der Waals surface area contributed by atoms with E-state index < -0.39 is 0 Å². The molecule has 1 aromatic rings. The number of piperazine rings is 1. The van der Waals surface area contributed by atoms with Crippen LogP contribution >= 0.6 is 12.4 Å². The molecule has 26 heavy (non-hydrogen) atoms. The van der Waals surface area contributed by atoms with Crippen LogP contribution in [-0.2, 0) is 6.54 Å².